The lowest BCUT2D eigenvalue weighted by Crippen LogP contribution is -2.22. The fourth-order valence-corrected chi connectivity index (χ4v) is 3.68. The number of amides is 1. The molecule has 3 aromatic rings. The van der Waals surface area contributed by atoms with Crippen LogP contribution in [0.1, 0.15) is 16.2 Å². The van der Waals surface area contributed by atoms with Gasteiger partial charge in [-0.3, -0.25) is 14.3 Å². The normalized spacial score (nSPS) is 11.7. The van der Waals surface area contributed by atoms with E-state index in [4.69, 9.17) is 14.2 Å². The second-order valence-electron chi connectivity index (χ2n) is 5.93. The Morgan fingerprint density at radius 2 is 1.82 bits per heavy atom. The SMILES string of the molecule is COC(=O)Cn1c(=NC(=O)c2cc(C)n(C)n2)sc2cc(OC)c(OC)cc21. The Morgan fingerprint density at radius 3 is 2.39 bits per heavy atom. The smallest absolute Gasteiger partial charge is 0.325 e. The Balaban J connectivity index is 2.20. The fourth-order valence-electron chi connectivity index (χ4n) is 2.64. The summed E-state index contributed by atoms with van der Waals surface area (Å²) in [5.41, 5.74) is 1.75. The van der Waals surface area contributed by atoms with Gasteiger partial charge in [-0.1, -0.05) is 11.3 Å². The first-order valence-corrected chi connectivity index (χ1v) is 9.11. The molecular weight excluding hydrogens is 384 g/mol. The first kappa shape index (κ1) is 19.6. The molecule has 10 heteroatoms. The Labute approximate surface area is 164 Å². The third kappa shape index (κ3) is 3.63. The zero-order valence-corrected chi connectivity index (χ0v) is 17.0. The summed E-state index contributed by atoms with van der Waals surface area (Å²) in [4.78, 5) is 29.1. The van der Waals surface area contributed by atoms with Gasteiger partial charge in [0.1, 0.15) is 6.54 Å². The maximum absolute atomic E-state index is 12.6. The highest BCUT2D eigenvalue weighted by Gasteiger charge is 2.17. The van der Waals surface area contributed by atoms with Crippen molar-refractivity contribution in [3.05, 3.63) is 34.4 Å². The molecule has 3 rings (SSSR count). The number of carbonyl (C=O) groups excluding carboxylic acids is 2. The molecule has 0 aliphatic heterocycles. The molecule has 1 aromatic carbocycles. The minimum Gasteiger partial charge on any atom is -0.493 e. The number of rotatable bonds is 5. The maximum Gasteiger partial charge on any atom is 0.325 e. The topological polar surface area (TPSA) is 96.9 Å². The van der Waals surface area contributed by atoms with Gasteiger partial charge >= 0.3 is 5.97 Å². The van der Waals surface area contributed by atoms with Gasteiger partial charge in [-0.25, -0.2) is 0 Å². The van der Waals surface area contributed by atoms with Crippen molar-refractivity contribution >= 4 is 33.4 Å². The van der Waals surface area contributed by atoms with E-state index >= 15 is 0 Å². The molecule has 2 heterocycles. The lowest BCUT2D eigenvalue weighted by molar-refractivity contribution is -0.141. The highest BCUT2D eigenvalue weighted by Crippen LogP contribution is 2.33. The van der Waals surface area contributed by atoms with Crippen molar-refractivity contribution in [1.82, 2.24) is 14.3 Å². The molecule has 0 aliphatic rings. The van der Waals surface area contributed by atoms with Crippen LogP contribution in [0.2, 0.25) is 0 Å². The van der Waals surface area contributed by atoms with Crippen molar-refractivity contribution in [1.29, 1.82) is 0 Å². The van der Waals surface area contributed by atoms with Gasteiger partial charge < -0.3 is 18.8 Å². The van der Waals surface area contributed by atoms with Gasteiger partial charge in [-0.05, 0) is 13.0 Å². The fraction of sp³-hybridized carbons (Fsp3) is 0.333. The van der Waals surface area contributed by atoms with E-state index in [1.54, 1.807) is 34.5 Å². The minimum absolute atomic E-state index is 0.0979. The second kappa shape index (κ2) is 7.85. The van der Waals surface area contributed by atoms with Crippen LogP contribution in [0.3, 0.4) is 0 Å². The highest BCUT2D eigenvalue weighted by atomic mass is 32.1. The van der Waals surface area contributed by atoms with Gasteiger partial charge in [0, 0.05) is 24.9 Å². The summed E-state index contributed by atoms with van der Waals surface area (Å²) in [7, 11) is 6.12. The molecule has 9 nitrogen and oxygen atoms in total. The Hall–Kier alpha value is -3.14. The Morgan fingerprint density at radius 1 is 1.14 bits per heavy atom. The zero-order chi connectivity index (χ0) is 20.4. The number of hydrogen-bond acceptors (Lipinski definition) is 7. The van der Waals surface area contributed by atoms with Crippen LogP contribution >= 0.6 is 11.3 Å². The highest BCUT2D eigenvalue weighted by molar-refractivity contribution is 7.16. The van der Waals surface area contributed by atoms with Gasteiger partial charge in [0.05, 0.1) is 31.5 Å². The number of methoxy groups -OCH3 is 3. The zero-order valence-electron chi connectivity index (χ0n) is 16.2. The van der Waals surface area contributed by atoms with Gasteiger partial charge in [0.2, 0.25) is 0 Å². The van der Waals surface area contributed by atoms with Gasteiger partial charge in [0.15, 0.2) is 22.0 Å². The predicted octanol–water partition coefficient (Wildman–Crippen LogP) is 1.68. The van der Waals surface area contributed by atoms with E-state index in [9.17, 15) is 9.59 Å². The van der Waals surface area contributed by atoms with Crippen LogP contribution in [0.15, 0.2) is 23.2 Å². The first-order chi connectivity index (χ1) is 13.4. The molecule has 0 unspecified atom stereocenters. The number of carbonyl (C=O) groups is 2. The molecule has 0 spiro atoms. The van der Waals surface area contributed by atoms with Crippen LogP contribution in [0.5, 0.6) is 11.5 Å². The van der Waals surface area contributed by atoms with Gasteiger partial charge in [-0.2, -0.15) is 10.1 Å². The summed E-state index contributed by atoms with van der Waals surface area (Å²) in [6, 6.07) is 5.18. The van der Waals surface area contributed by atoms with Crippen molar-refractivity contribution in [2.45, 2.75) is 13.5 Å². The van der Waals surface area contributed by atoms with E-state index in [-0.39, 0.29) is 12.2 Å². The summed E-state index contributed by atoms with van der Waals surface area (Å²) >= 11 is 1.26. The molecule has 0 saturated heterocycles. The summed E-state index contributed by atoms with van der Waals surface area (Å²) in [6.07, 6.45) is 0. The van der Waals surface area contributed by atoms with Crippen LogP contribution < -0.4 is 14.3 Å². The number of aromatic nitrogens is 3. The van der Waals surface area contributed by atoms with Crippen LogP contribution in [0, 0.1) is 6.92 Å². The van der Waals surface area contributed by atoms with E-state index in [1.807, 2.05) is 6.92 Å². The van der Waals surface area contributed by atoms with Crippen molar-refractivity contribution < 1.29 is 23.8 Å². The summed E-state index contributed by atoms with van der Waals surface area (Å²) in [6.45, 7) is 1.75. The molecule has 0 fully saturated rings. The monoisotopic (exact) mass is 404 g/mol. The van der Waals surface area contributed by atoms with Crippen molar-refractivity contribution in [3.63, 3.8) is 0 Å². The van der Waals surface area contributed by atoms with Crippen molar-refractivity contribution in [3.8, 4) is 11.5 Å². The molecule has 148 valence electrons. The quantitative estimate of drug-likeness (QED) is 0.600. The molecule has 0 aliphatic carbocycles. The molecule has 0 saturated carbocycles. The summed E-state index contributed by atoms with van der Waals surface area (Å²) in [5, 5.41) is 4.16. The number of ether oxygens (including phenoxy) is 3. The van der Waals surface area contributed by atoms with Crippen LogP contribution in [0.25, 0.3) is 10.2 Å². The molecular formula is C18H20N4O5S. The third-order valence-corrected chi connectivity index (χ3v) is 5.27. The van der Waals surface area contributed by atoms with Crippen molar-refractivity contribution in [2.24, 2.45) is 12.0 Å². The number of hydrogen-bond donors (Lipinski definition) is 0. The van der Waals surface area contributed by atoms with Crippen LogP contribution in [-0.2, 0) is 23.1 Å². The van der Waals surface area contributed by atoms with E-state index in [1.165, 1.54) is 32.7 Å². The molecule has 2 aromatic heterocycles. The van der Waals surface area contributed by atoms with Gasteiger partial charge in [0.25, 0.3) is 5.91 Å². The van der Waals surface area contributed by atoms with Gasteiger partial charge in [-0.15, -0.1) is 0 Å². The number of esters is 1. The first-order valence-electron chi connectivity index (χ1n) is 8.29. The van der Waals surface area contributed by atoms with E-state index in [2.05, 4.69) is 10.1 Å². The standard InChI is InChI=1S/C18H20N4O5S/c1-10-6-11(20-21(10)2)17(24)19-18-22(9-16(23)27-5)12-7-13(25-3)14(26-4)8-15(12)28-18/h6-8H,9H2,1-5H3. The third-order valence-electron chi connectivity index (χ3n) is 4.23. The lowest BCUT2D eigenvalue weighted by atomic mass is 10.3. The van der Waals surface area contributed by atoms with E-state index in [0.29, 0.717) is 21.8 Å². The molecule has 0 bridgehead atoms. The maximum atomic E-state index is 12.6. The largest absolute Gasteiger partial charge is 0.493 e. The number of thiazole rings is 1. The average molecular weight is 404 g/mol. The molecule has 0 radical (unpaired) electrons. The summed E-state index contributed by atoms with van der Waals surface area (Å²) in [5.74, 6) is 0.0919. The number of nitrogens with zero attached hydrogens (tertiary/aromatic N) is 4. The molecule has 0 atom stereocenters. The molecule has 28 heavy (non-hydrogen) atoms. The predicted molar refractivity (Wildman–Crippen MR) is 103 cm³/mol. The lowest BCUT2D eigenvalue weighted by Gasteiger charge is -2.08. The number of aryl methyl sites for hydroxylation is 2. The van der Waals surface area contributed by atoms with Crippen molar-refractivity contribution in [2.75, 3.05) is 21.3 Å². The van der Waals surface area contributed by atoms with E-state index < -0.39 is 11.9 Å². The average Bonchev–Trinajstić information content (AvgIpc) is 3.19. The second-order valence-corrected chi connectivity index (χ2v) is 6.94. The minimum atomic E-state index is -0.493. The van der Waals surface area contributed by atoms with Crippen LogP contribution in [-0.4, -0.2) is 47.6 Å². The number of fused-ring (bicyclic) bond motifs is 1. The van der Waals surface area contributed by atoms with E-state index in [0.717, 1.165) is 10.4 Å². The Kier molecular flexibility index (Phi) is 5.50. The number of benzene rings is 1. The molecule has 0 N–H and O–H groups in total. The van der Waals surface area contributed by atoms with Crippen LogP contribution in [0.4, 0.5) is 0 Å². The Bertz CT molecular complexity index is 1110. The molecule has 1 amide bonds. The summed E-state index contributed by atoms with van der Waals surface area (Å²) < 4.78 is 19.5.